The zero-order chi connectivity index (χ0) is 15.4. The lowest BCUT2D eigenvalue weighted by Gasteiger charge is -2.15. The van der Waals surface area contributed by atoms with Gasteiger partial charge in [0.25, 0.3) is 0 Å². The molecule has 21 heavy (non-hydrogen) atoms. The molecule has 2 aromatic rings. The van der Waals surface area contributed by atoms with Crippen LogP contribution in [0.5, 0.6) is 0 Å². The van der Waals surface area contributed by atoms with Crippen molar-refractivity contribution in [1.29, 1.82) is 0 Å². The average Bonchev–Trinajstić information content (AvgIpc) is 2.44. The highest BCUT2D eigenvalue weighted by Gasteiger charge is 2.09. The number of nitrogens with one attached hydrogen (secondary N) is 2. The predicted octanol–water partition coefficient (Wildman–Crippen LogP) is 3.33. The minimum atomic E-state index is 0.754. The molecule has 0 aliphatic heterocycles. The van der Waals surface area contributed by atoms with Crippen LogP contribution in [0, 0.1) is 13.8 Å². The van der Waals surface area contributed by atoms with Crippen molar-refractivity contribution in [3.63, 3.8) is 0 Å². The summed E-state index contributed by atoms with van der Waals surface area (Å²) >= 11 is 0. The van der Waals surface area contributed by atoms with Gasteiger partial charge in [0.1, 0.15) is 17.5 Å². The molecular formula is C16H23N5. The van der Waals surface area contributed by atoms with Crippen molar-refractivity contribution in [2.45, 2.75) is 20.8 Å². The summed E-state index contributed by atoms with van der Waals surface area (Å²) in [6, 6.07) is 8.27. The second kappa shape index (κ2) is 6.43. The molecule has 2 N–H and O–H groups in total. The second-order valence-electron chi connectivity index (χ2n) is 5.19. The number of aromatic nitrogens is 2. The highest BCUT2D eigenvalue weighted by Crippen LogP contribution is 2.24. The van der Waals surface area contributed by atoms with Gasteiger partial charge in [0.05, 0.1) is 0 Å². The monoisotopic (exact) mass is 285 g/mol. The van der Waals surface area contributed by atoms with E-state index in [1.54, 1.807) is 0 Å². The molecule has 0 unspecified atom stereocenters. The zero-order valence-electron chi connectivity index (χ0n) is 13.4. The fourth-order valence-electron chi connectivity index (χ4n) is 2.07. The summed E-state index contributed by atoms with van der Waals surface area (Å²) in [5, 5.41) is 6.64. The summed E-state index contributed by atoms with van der Waals surface area (Å²) in [6.07, 6.45) is 0. The quantitative estimate of drug-likeness (QED) is 0.882. The van der Waals surface area contributed by atoms with Crippen LogP contribution in [-0.2, 0) is 0 Å². The third-order valence-electron chi connectivity index (χ3n) is 3.25. The fourth-order valence-corrected chi connectivity index (χ4v) is 2.07. The fraction of sp³-hybridized carbons (Fsp3) is 0.375. The number of benzene rings is 1. The van der Waals surface area contributed by atoms with Gasteiger partial charge in [-0.2, -0.15) is 0 Å². The maximum Gasteiger partial charge on any atom is 0.139 e. The van der Waals surface area contributed by atoms with Gasteiger partial charge in [-0.1, -0.05) is 0 Å². The smallest absolute Gasteiger partial charge is 0.139 e. The highest BCUT2D eigenvalue weighted by molar-refractivity contribution is 5.66. The van der Waals surface area contributed by atoms with Crippen molar-refractivity contribution in [3.05, 3.63) is 35.7 Å². The third kappa shape index (κ3) is 3.62. The van der Waals surface area contributed by atoms with Crippen molar-refractivity contribution in [3.8, 4) is 0 Å². The molecule has 5 nitrogen and oxygen atoms in total. The van der Waals surface area contributed by atoms with Crippen molar-refractivity contribution in [1.82, 2.24) is 9.97 Å². The number of aryl methyl sites for hydroxylation is 1. The van der Waals surface area contributed by atoms with E-state index in [9.17, 15) is 0 Å². The molecule has 0 aliphatic rings. The van der Waals surface area contributed by atoms with Crippen LogP contribution in [0.25, 0.3) is 0 Å². The standard InChI is InChI=1S/C16H23N5/c1-6-17-15-11(2)16(19-12(3)18-15)20-13-7-9-14(10-8-13)21(4)5/h7-10H,6H2,1-5H3,(H2,17,18,19,20). The number of rotatable bonds is 5. The van der Waals surface area contributed by atoms with Gasteiger partial charge in [0.2, 0.25) is 0 Å². The first kappa shape index (κ1) is 15.1. The molecular weight excluding hydrogens is 262 g/mol. The van der Waals surface area contributed by atoms with Crippen LogP contribution in [0.1, 0.15) is 18.3 Å². The van der Waals surface area contributed by atoms with Crippen LogP contribution >= 0.6 is 0 Å². The molecule has 0 radical (unpaired) electrons. The first-order chi connectivity index (χ1) is 10.0. The van der Waals surface area contributed by atoms with E-state index < -0.39 is 0 Å². The van der Waals surface area contributed by atoms with Gasteiger partial charge in [-0.15, -0.1) is 0 Å². The van der Waals surface area contributed by atoms with E-state index in [4.69, 9.17) is 0 Å². The Balaban J connectivity index is 2.26. The summed E-state index contributed by atoms with van der Waals surface area (Å²) in [6.45, 7) is 6.83. The number of anilines is 4. The van der Waals surface area contributed by atoms with Crippen LogP contribution in [0.15, 0.2) is 24.3 Å². The van der Waals surface area contributed by atoms with Gasteiger partial charge in [-0.05, 0) is 45.0 Å². The first-order valence-electron chi connectivity index (χ1n) is 7.14. The topological polar surface area (TPSA) is 53.1 Å². The normalized spacial score (nSPS) is 10.3. The zero-order valence-corrected chi connectivity index (χ0v) is 13.4. The van der Waals surface area contributed by atoms with Crippen LogP contribution in [0.2, 0.25) is 0 Å². The maximum absolute atomic E-state index is 4.50. The van der Waals surface area contributed by atoms with E-state index in [1.165, 1.54) is 5.69 Å². The summed E-state index contributed by atoms with van der Waals surface area (Å²) < 4.78 is 0. The molecule has 0 aliphatic carbocycles. The van der Waals surface area contributed by atoms with E-state index in [0.29, 0.717) is 0 Å². The Kier molecular flexibility index (Phi) is 4.62. The Morgan fingerprint density at radius 2 is 1.62 bits per heavy atom. The summed E-state index contributed by atoms with van der Waals surface area (Å²) in [5.41, 5.74) is 3.22. The SMILES string of the molecule is CCNc1nc(C)nc(Nc2ccc(N(C)C)cc2)c1C. The predicted molar refractivity (Wildman–Crippen MR) is 89.7 cm³/mol. The van der Waals surface area contributed by atoms with Crippen molar-refractivity contribution >= 4 is 23.0 Å². The van der Waals surface area contributed by atoms with Crippen LogP contribution in [0.4, 0.5) is 23.0 Å². The van der Waals surface area contributed by atoms with Gasteiger partial charge in [0.15, 0.2) is 0 Å². The molecule has 112 valence electrons. The van der Waals surface area contributed by atoms with Gasteiger partial charge < -0.3 is 15.5 Å². The van der Waals surface area contributed by atoms with Crippen LogP contribution in [0.3, 0.4) is 0 Å². The molecule has 0 saturated heterocycles. The Hall–Kier alpha value is -2.30. The van der Waals surface area contributed by atoms with Crippen LogP contribution in [-0.4, -0.2) is 30.6 Å². The molecule has 0 amide bonds. The number of hydrogen-bond acceptors (Lipinski definition) is 5. The van der Waals surface area contributed by atoms with Crippen molar-refractivity contribution in [2.75, 3.05) is 36.2 Å². The lowest BCUT2D eigenvalue weighted by molar-refractivity contribution is 1.02. The minimum absolute atomic E-state index is 0.754. The summed E-state index contributed by atoms with van der Waals surface area (Å²) in [4.78, 5) is 11.0. The van der Waals surface area contributed by atoms with Gasteiger partial charge >= 0.3 is 0 Å². The third-order valence-corrected chi connectivity index (χ3v) is 3.25. The lowest BCUT2D eigenvalue weighted by atomic mass is 10.2. The second-order valence-corrected chi connectivity index (χ2v) is 5.19. The van der Waals surface area contributed by atoms with E-state index in [1.807, 2.05) is 27.9 Å². The van der Waals surface area contributed by atoms with E-state index in [2.05, 4.69) is 56.7 Å². The highest BCUT2D eigenvalue weighted by atomic mass is 15.1. The molecule has 0 saturated carbocycles. The molecule has 1 aromatic heterocycles. The van der Waals surface area contributed by atoms with E-state index in [0.717, 1.165) is 35.3 Å². The molecule has 0 fully saturated rings. The minimum Gasteiger partial charge on any atom is -0.378 e. The Bertz CT molecular complexity index is 605. The van der Waals surface area contributed by atoms with E-state index in [-0.39, 0.29) is 0 Å². The molecule has 0 bridgehead atoms. The maximum atomic E-state index is 4.50. The summed E-state index contributed by atoms with van der Waals surface area (Å²) in [5.74, 6) is 2.48. The summed E-state index contributed by atoms with van der Waals surface area (Å²) in [7, 11) is 4.06. The van der Waals surface area contributed by atoms with Gasteiger partial charge in [0, 0.05) is 37.6 Å². The Morgan fingerprint density at radius 1 is 1.00 bits per heavy atom. The first-order valence-corrected chi connectivity index (χ1v) is 7.14. The molecule has 2 rings (SSSR count). The lowest BCUT2D eigenvalue weighted by Crippen LogP contribution is -2.09. The average molecular weight is 285 g/mol. The number of nitrogens with zero attached hydrogens (tertiary/aromatic N) is 3. The Morgan fingerprint density at radius 3 is 2.19 bits per heavy atom. The van der Waals surface area contributed by atoms with Gasteiger partial charge in [-0.25, -0.2) is 9.97 Å². The molecule has 0 atom stereocenters. The van der Waals surface area contributed by atoms with Crippen molar-refractivity contribution < 1.29 is 0 Å². The van der Waals surface area contributed by atoms with Gasteiger partial charge in [-0.3, -0.25) is 0 Å². The molecule has 0 spiro atoms. The molecule has 1 heterocycles. The largest absolute Gasteiger partial charge is 0.378 e. The number of hydrogen-bond donors (Lipinski definition) is 2. The Labute approximate surface area is 126 Å². The molecule has 5 heteroatoms. The molecule has 1 aromatic carbocycles. The van der Waals surface area contributed by atoms with E-state index >= 15 is 0 Å². The van der Waals surface area contributed by atoms with Crippen LogP contribution < -0.4 is 15.5 Å². The van der Waals surface area contributed by atoms with Crippen molar-refractivity contribution in [2.24, 2.45) is 0 Å².